The standard InChI is InChI=1S/C28H27N3O6S.C5H7BrO/c1-19-25(30-27(38-19)21-11-14-29-15-12-21)13-16-36-23-5-3-20(4-6-23)17-31(18-26(32)33)28(34)37-24-9-7-22(35-2)8-10-24;1-3-5(7)4(2)6/h3-12,14-15H,13,16-18H2,1-2H3,(H,32,33);3-4H,1H2,2H3. The molecule has 1 amide bonds. The molecule has 1 atom stereocenters. The maximum atomic E-state index is 12.6. The van der Waals surface area contributed by atoms with Gasteiger partial charge in [0.2, 0.25) is 0 Å². The average molecular weight is 697 g/mol. The highest BCUT2D eigenvalue weighted by Crippen LogP contribution is 2.27. The number of allylic oxidation sites excluding steroid dienone is 1. The summed E-state index contributed by atoms with van der Waals surface area (Å²) >= 11 is 4.72. The van der Waals surface area contributed by atoms with Gasteiger partial charge in [-0.05, 0) is 74.0 Å². The fourth-order valence-electron chi connectivity index (χ4n) is 3.77. The van der Waals surface area contributed by atoms with E-state index in [1.165, 1.54) is 13.2 Å². The summed E-state index contributed by atoms with van der Waals surface area (Å²) in [5.74, 6) is 0.465. The Hall–Kier alpha value is -4.55. The number of carbonyl (C=O) groups is 3. The number of thiazole rings is 1. The number of ketones is 1. The maximum absolute atomic E-state index is 12.6. The Morgan fingerprint density at radius 3 is 2.20 bits per heavy atom. The zero-order chi connectivity index (χ0) is 32.8. The minimum Gasteiger partial charge on any atom is -0.497 e. The molecule has 0 aliphatic rings. The van der Waals surface area contributed by atoms with Gasteiger partial charge in [-0.2, -0.15) is 0 Å². The van der Waals surface area contributed by atoms with Crippen molar-refractivity contribution >= 4 is 45.1 Å². The fourth-order valence-corrected chi connectivity index (χ4v) is 4.93. The number of hydrogen-bond acceptors (Lipinski definition) is 9. The molecule has 0 aliphatic heterocycles. The first-order valence-corrected chi connectivity index (χ1v) is 15.5. The number of aromatic nitrogens is 2. The average Bonchev–Trinajstić information content (AvgIpc) is 3.42. The first kappa shape index (κ1) is 34.9. The molecular weight excluding hydrogens is 662 g/mol. The number of ether oxygens (including phenoxy) is 3. The molecule has 4 aromatic rings. The topological polar surface area (TPSA) is 128 Å². The summed E-state index contributed by atoms with van der Waals surface area (Å²) in [7, 11) is 1.54. The van der Waals surface area contributed by atoms with E-state index < -0.39 is 18.6 Å². The molecule has 2 heterocycles. The summed E-state index contributed by atoms with van der Waals surface area (Å²) in [5, 5.41) is 10.2. The van der Waals surface area contributed by atoms with Crippen molar-refractivity contribution in [2.75, 3.05) is 20.3 Å². The van der Waals surface area contributed by atoms with Gasteiger partial charge in [0.05, 0.1) is 24.2 Å². The molecule has 0 saturated carbocycles. The predicted octanol–water partition coefficient (Wildman–Crippen LogP) is 6.75. The van der Waals surface area contributed by atoms with Crippen LogP contribution in [0.25, 0.3) is 10.6 Å². The number of aryl methyl sites for hydroxylation is 1. The van der Waals surface area contributed by atoms with Crippen LogP contribution in [0.5, 0.6) is 17.2 Å². The molecular formula is C33H34BrN3O7S. The second-order valence-corrected chi connectivity index (χ2v) is 12.1. The van der Waals surface area contributed by atoms with Crippen LogP contribution in [0.3, 0.4) is 0 Å². The molecule has 0 aliphatic carbocycles. The SMILES string of the molecule is C=CC(=O)C(C)Br.COc1ccc(OC(=O)N(CC(=O)O)Cc2ccc(OCCc3nc(-c4ccncc4)sc3C)cc2)cc1. The highest BCUT2D eigenvalue weighted by Gasteiger charge is 2.20. The molecule has 12 heteroatoms. The summed E-state index contributed by atoms with van der Waals surface area (Å²) < 4.78 is 16.3. The van der Waals surface area contributed by atoms with Gasteiger partial charge in [-0.25, -0.2) is 9.78 Å². The molecule has 45 heavy (non-hydrogen) atoms. The fraction of sp³-hybridized carbons (Fsp3) is 0.242. The smallest absolute Gasteiger partial charge is 0.416 e. The van der Waals surface area contributed by atoms with Gasteiger partial charge >= 0.3 is 12.1 Å². The van der Waals surface area contributed by atoms with Crippen molar-refractivity contribution in [3.8, 4) is 27.8 Å². The van der Waals surface area contributed by atoms with Gasteiger partial charge in [0, 0.05) is 35.8 Å². The second-order valence-electron chi connectivity index (χ2n) is 9.52. The van der Waals surface area contributed by atoms with E-state index in [4.69, 9.17) is 19.2 Å². The third-order valence-corrected chi connectivity index (χ3v) is 7.68. The lowest BCUT2D eigenvalue weighted by Gasteiger charge is -2.20. The largest absolute Gasteiger partial charge is 0.497 e. The number of carboxylic acids is 1. The Kier molecular flexibility index (Phi) is 13.7. The van der Waals surface area contributed by atoms with Gasteiger partial charge in [-0.15, -0.1) is 11.3 Å². The van der Waals surface area contributed by atoms with Gasteiger partial charge in [0.15, 0.2) is 5.78 Å². The second kappa shape index (κ2) is 17.7. The van der Waals surface area contributed by atoms with Crippen molar-refractivity contribution in [1.82, 2.24) is 14.9 Å². The quantitative estimate of drug-likeness (QED) is 0.119. The zero-order valence-electron chi connectivity index (χ0n) is 25.1. The molecule has 2 aromatic carbocycles. The molecule has 0 bridgehead atoms. The summed E-state index contributed by atoms with van der Waals surface area (Å²) in [6.45, 7) is 7.15. The zero-order valence-corrected chi connectivity index (χ0v) is 27.5. The lowest BCUT2D eigenvalue weighted by Crippen LogP contribution is -2.37. The van der Waals surface area contributed by atoms with Crippen LogP contribution in [-0.4, -0.2) is 62.9 Å². The van der Waals surface area contributed by atoms with Crippen molar-refractivity contribution in [2.24, 2.45) is 0 Å². The van der Waals surface area contributed by atoms with Gasteiger partial charge < -0.3 is 19.3 Å². The van der Waals surface area contributed by atoms with Gasteiger partial charge in [-0.3, -0.25) is 19.5 Å². The molecule has 236 valence electrons. The number of aliphatic carboxylic acids is 1. The number of halogens is 1. The van der Waals surface area contributed by atoms with E-state index >= 15 is 0 Å². The van der Waals surface area contributed by atoms with E-state index in [-0.39, 0.29) is 22.9 Å². The summed E-state index contributed by atoms with van der Waals surface area (Å²) in [6, 6.07) is 17.5. The Labute approximate surface area is 274 Å². The van der Waals surface area contributed by atoms with Crippen LogP contribution in [-0.2, 0) is 22.6 Å². The van der Waals surface area contributed by atoms with Crippen molar-refractivity contribution in [3.63, 3.8) is 0 Å². The van der Waals surface area contributed by atoms with Crippen molar-refractivity contribution < 1.29 is 33.7 Å². The Balaban J connectivity index is 0.000000707. The van der Waals surface area contributed by atoms with Crippen LogP contribution in [0.1, 0.15) is 23.1 Å². The molecule has 4 rings (SSSR count). The number of alkyl halides is 1. The normalized spacial score (nSPS) is 10.9. The minimum absolute atomic E-state index is 0.0278. The first-order chi connectivity index (χ1) is 21.6. The van der Waals surface area contributed by atoms with Crippen LogP contribution in [0.15, 0.2) is 85.7 Å². The van der Waals surface area contributed by atoms with Crippen LogP contribution in [0, 0.1) is 6.92 Å². The molecule has 0 fully saturated rings. The van der Waals surface area contributed by atoms with Crippen molar-refractivity contribution in [3.05, 3.63) is 102 Å². The third-order valence-electron chi connectivity index (χ3n) is 6.17. The first-order valence-electron chi connectivity index (χ1n) is 13.8. The van der Waals surface area contributed by atoms with Crippen LogP contribution >= 0.6 is 27.3 Å². The number of rotatable bonds is 13. The van der Waals surface area contributed by atoms with E-state index in [0.717, 1.165) is 31.6 Å². The van der Waals surface area contributed by atoms with Crippen LogP contribution in [0.2, 0.25) is 0 Å². The summed E-state index contributed by atoms with van der Waals surface area (Å²) in [5.41, 5.74) is 2.78. The summed E-state index contributed by atoms with van der Waals surface area (Å²) in [4.78, 5) is 45.3. The van der Waals surface area contributed by atoms with E-state index in [2.05, 4.69) is 34.4 Å². The van der Waals surface area contributed by atoms with E-state index in [0.29, 0.717) is 24.5 Å². The number of carbonyl (C=O) groups excluding carboxylic acids is 2. The van der Waals surface area contributed by atoms with Gasteiger partial charge in [-0.1, -0.05) is 34.6 Å². The number of benzene rings is 2. The molecule has 1 N–H and O–H groups in total. The molecule has 2 aromatic heterocycles. The third kappa shape index (κ3) is 11.5. The monoisotopic (exact) mass is 695 g/mol. The summed E-state index contributed by atoms with van der Waals surface area (Å²) in [6.07, 6.45) is 4.72. The van der Waals surface area contributed by atoms with Crippen LogP contribution in [0.4, 0.5) is 4.79 Å². The molecule has 0 spiro atoms. The lowest BCUT2D eigenvalue weighted by atomic mass is 10.2. The lowest BCUT2D eigenvalue weighted by molar-refractivity contribution is -0.138. The van der Waals surface area contributed by atoms with E-state index in [1.54, 1.807) is 79.2 Å². The van der Waals surface area contributed by atoms with Gasteiger partial charge in [0.25, 0.3) is 0 Å². The number of methoxy groups -OCH3 is 1. The highest BCUT2D eigenvalue weighted by molar-refractivity contribution is 9.10. The highest BCUT2D eigenvalue weighted by atomic mass is 79.9. The molecule has 1 unspecified atom stereocenters. The number of amides is 1. The Morgan fingerprint density at radius 1 is 1.02 bits per heavy atom. The Bertz CT molecular complexity index is 1560. The molecule has 0 radical (unpaired) electrons. The van der Waals surface area contributed by atoms with Crippen molar-refractivity contribution in [2.45, 2.75) is 31.6 Å². The Morgan fingerprint density at radius 2 is 1.64 bits per heavy atom. The van der Waals surface area contributed by atoms with Gasteiger partial charge in [0.1, 0.15) is 28.8 Å². The maximum Gasteiger partial charge on any atom is 0.416 e. The number of nitrogens with zero attached hydrogens (tertiary/aromatic N) is 3. The molecule has 0 saturated heterocycles. The van der Waals surface area contributed by atoms with E-state index in [9.17, 15) is 19.5 Å². The van der Waals surface area contributed by atoms with Crippen LogP contribution < -0.4 is 14.2 Å². The molecule has 10 nitrogen and oxygen atoms in total. The number of hydrogen-bond donors (Lipinski definition) is 1. The number of pyridine rings is 1. The minimum atomic E-state index is -1.14. The number of carboxylic acid groups (broad SMARTS) is 1. The predicted molar refractivity (Wildman–Crippen MR) is 176 cm³/mol. The van der Waals surface area contributed by atoms with Crippen molar-refractivity contribution in [1.29, 1.82) is 0 Å². The van der Waals surface area contributed by atoms with E-state index in [1.807, 2.05) is 12.1 Å².